The molecule has 0 spiro atoms. The molecule has 1 aromatic carbocycles. The van der Waals surface area contributed by atoms with Crippen molar-refractivity contribution in [2.45, 2.75) is 6.92 Å². The summed E-state index contributed by atoms with van der Waals surface area (Å²) in [5.41, 5.74) is 3.91. The van der Waals surface area contributed by atoms with Crippen LogP contribution in [-0.4, -0.2) is 6.03 Å². The molecule has 0 aliphatic carbocycles. The van der Waals surface area contributed by atoms with Gasteiger partial charge in [-0.15, -0.1) is 0 Å². The van der Waals surface area contributed by atoms with E-state index in [1.807, 2.05) is 30.5 Å². The fourth-order valence-electron chi connectivity index (χ4n) is 0.838. The summed E-state index contributed by atoms with van der Waals surface area (Å²) in [5.74, 6) is 4.92. The van der Waals surface area contributed by atoms with Crippen LogP contribution in [0.1, 0.15) is 5.56 Å². The van der Waals surface area contributed by atoms with Crippen LogP contribution >= 0.6 is 22.6 Å². The molecular formula is C8H10IN3O. The molecule has 5 heteroatoms. The van der Waals surface area contributed by atoms with Gasteiger partial charge in [0.2, 0.25) is 0 Å². The number of nitrogens with one attached hydrogen (secondary N) is 2. The molecule has 0 aliphatic heterocycles. The average Bonchev–Trinajstić information content (AvgIpc) is 2.11. The van der Waals surface area contributed by atoms with Gasteiger partial charge in [-0.25, -0.2) is 10.6 Å². The second-order valence-corrected chi connectivity index (χ2v) is 3.72. The van der Waals surface area contributed by atoms with Crippen molar-refractivity contribution in [1.29, 1.82) is 0 Å². The molecule has 70 valence electrons. The first-order valence-electron chi connectivity index (χ1n) is 3.67. The van der Waals surface area contributed by atoms with Gasteiger partial charge in [0.25, 0.3) is 0 Å². The van der Waals surface area contributed by atoms with Gasteiger partial charge < -0.3 is 5.32 Å². The van der Waals surface area contributed by atoms with Crippen molar-refractivity contribution in [1.82, 2.24) is 5.43 Å². The highest BCUT2D eigenvalue weighted by Crippen LogP contribution is 2.16. The van der Waals surface area contributed by atoms with Crippen LogP contribution in [0.15, 0.2) is 18.2 Å². The minimum atomic E-state index is -0.417. The van der Waals surface area contributed by atoms with Crippen LogP contribution < -0.4 is 16.6 Å². The summed E-state index contributed by atoms with van der Waals surface area (Å²) >= 11 is 2.21. The Labute approximate surface area is 90.0 Å². The highest BCUT2D eigenvalue weighted by Gasteiger charge is 2.00. The van der Waals surface area contributed by atoms with E-state index in [-0.39, 0.29) is 0 Å². The van der Waals surface area contributed by atoms with Crippen molar-refractivity contribution in [2.24, 2.45) is 5.84 Å². The second kappa shape index (κ2) is 4.43. The zero-order valence-corrected chi connectivity index (χ0v) is 9.25. The number of benzene rings is 1. The number of hydrogen-bond donors (Lipinski definition) is 3. The highest BCUT2D eigenvalue weighted by atomic mass is 127. The molecule has 0 saturated carbocycles. The minimum absolute atomic E-state index is 0.417. The van der Waals surface area contributed by atoms with E-state index in [1.165, 1.54) is 5.56 Å². The van der Waals surface area contributed by atoms with Gasteiger partial charge in [-0.2, -0.15) is 0 Å². The number of carbonyl (C=O) groups is 1. The number of rotatable bonds is 1. The summed E-state index contributed by atoms with van der Waals surface area (Å²) in [6.07, 6.45) is 0. The molecule has 2 amide bonds. The van der Waals surface area contributed by atoms with Crippen LogP contribution in [0.25, 0.3) is 0 Å². The number of hydrazine groups is 1. The summed E-state index contributed by atoms with van der Waals surface area (Å²) in [7, 11) is 0. The lowest BCUT2D eigenvalue weighted by Crippen LogP contribution is -2.34. The second-order valence-electron chi connectivity index (χ2n) is 2.56. The molecule has 0 fully saturated rings. The zero-order chi connectivity index (χ0) is 9.84. The van der Waals surface area contributed by atoms with E-state index < -0.39 is 6.03 Å². The Morgan fingerprint density at radius 1 is 1.54 bits per heavy atom. The normalized spacial score (nSPS) is 9.46. The van der Waals surface area contributed by atoms with Crippen LogP contribution in [0.4, 0.5) is 10.5 Å². The smallest absolute Gasteiger partial charge is 0.307 e. The summed E-state index contributed by atoms with van der Waals surface area (Å²) in [6.45, 7) is 2.01. The number of nitrogens with two attached hydrogens (primary N) is 1. The van der Waals surface area contributed by atoms with Crippen molar-refractivity contribution >= 4 is 34.3 Å². The van der Waals surface area contributed by atoms with Crippen LogP contribution in [0, 0.1) is 10.5 Å². The molecule has 0 radical (unpaired) electrons. The third-order valence-electron chi connectivity index (χ3n) is 1.56. The minimum Gasteiger partial charge on any atom is -0.307 e. The number of amides is 2. The van der Waals surface area contributed by atoms with Crippen molar-refractivity contribution in [2.75, 3.05) is 5.32 Å². The van der Waals surface area contributed by atoms with Gasteiger partial charge >= 0.3 is 6.03 Å². The van der Waals surface area contributed by atoms with Crippen LogP contribution in [0.2, 0.25) is 0 Å². The van der Waals surface area contributed by atoms with Gasteiger partial charge in [0.15, 0.2) is 0 Å². The summed E-state index contributed by atoms with van der Waals surface area (Å²) in [5, 5.41) is 2.58. The van der Waals surface area contributed by atoms with Crippen LogP contribution in [0.3, 0.4) is 0 Å². The maximum absolute atomic E-state index is 10.8. The van der Waals surface area contributed by atoms with E-state index in [1.54, 1.807) is 0 Å². The molecule has 1 aromatic rings. The molecule has 0 bridgehead atoms. The van der Waals surface area contributed by atoms with E-state index in [0.29, 0.717) is 0 Å². The molecule has 4 N–H and O–H groups in total. The summed E-state index contributed by atoms with van der Waals surface area (Å²) in [6, 6.07) is 5.23. The van der Waals surface area contributed by atoms with Gasteiger partial charge in [-0.05, 0) is 47.2 Å². The topological polar surface area (TPSA) is 67.2 Å². The number of halogens is 1. The Morgan fingerprint density at radius 3 is 2.77 bits per heavy atom. The van der Waals surface area contributed by atoms with Crippen molar-refractivity contribution in [3.8, 4) is 0 Å². The maximum Gasteiger partial charge on any atom is 0.333 e. The fourth-order valence-corrected chi connectivity index (χ4v) is 1.35. The van der Waals surface area contributed by atoms with Crippen LogP contribution in [-0.2, 0) is 0 Å². The van der Waals surface area contributed by atoms with E-state index in [0.717, 1.165) is 9.26 Å². The standard InChI is InChI=1S/C8H10IN3O/c1-5-2-3-6(4-7(5)9)11-8(13)12-10/h2-4H,10H2,1H3,(H2,11,12,13). The molecule has 0 atom stereocenters. The maximum atomic E-state index is 10.8. The Bertz CT molecular complexity index is 327. The molecule has 0 saturated heterocycles. The number of aryl methyl sites for hydroxylation is 1. The van der Waals surface area contributed by atoms with E-state index in [9.17, 15) is 4.79 Å². The van der Waals surface area contributed by atoms with Gasteiger partial charge in [-0.3, -0.25) is 5.43 Å². The third-order valence-corrected chi connectivity index (χ3v) is 2.72. The molecule has 1 rings (SSSR count). The first-order chi connectivity index (χ1) is 6.13. The third kappa shape index (κ3) is 2.85. The van der Waals surface area contributed by atoms with E-state index in [2.05, 4.69) is 27.9 Å². The Hall–Kier alpha value is -0.820. The Balaban J connectivity index is 2.79. The lowest BCUT2D eigenvalue weighted by molar-refractivity contribution is 0.252. The van der Waals surface area contributed by atoms with Gasteiger partial charge in [0.1, 0.15) is 0 Å². The van der Waals surface area contributed by atoms with Gasteiger partial charge in [0, 0.05) is 9.26 Å². The SMILES string of the molecule is Cc1ccc(NC(=O)NN)cc1I. The van der Waals surface area contributed by atoms with Crippen molar-refractivity contribution < 1.29 is 4.79 Å². The van der Waals surface area contributed by atoms with E-state index in [4.69, 9.17) is 5.84 Å². The Morgan fingerprint density at radius 2 is 2.23 bits per heavy atom. The predicted molar refractivity (Wildman–Crippen MR) is 60.2 cm³/mol. The molecule has 0 aromatic heterocycles. The molecule has 0 unspecified atom stereocenters. The number of hydrogen-bond acceptors (Lipinski definition) is 2. The first kappa shape index (κ1) is 10.3. The largest absolute Gasteiger partial charge is 0.333 e. The lowest BCUT2D eigenvalue weighted by Gasteiger charge is -2.05. The van der Waals surface area contributed by atoms with Crippen molar-refractivity contribution in [3.63, 3.8) is 0 Å². The predicted octanol–water partition coefficient (Wildman–Crippen LogP) is 1.59. The van der Waals surface area contributed by atoms with Gasteiger partial charge in [0.05, 0.1) is 0 Å². The molecule has 13 heavy (non-hydrogen) atoms. The highest BCUT2D eigenvalue weighted by molar-refractivity contribution is 14.1. The Kier molecular flexibility index (Phi) is 3.49. The van der Waals surface area contributed by atoms with Crippen LogP contribution in [0.5, 0.6) is 0 Å². The number of urea groups is 1. The lowest BCUT2D eigenvalue weighted by atomic mass is 10.2. The molecule has 0 heterocycles. The molecule has 0 aliphatic rings. The van der Waals surface area contributed by atoms with E-state index >= 15 is 0 Å². The molecular weight excluding hydrogens is 281 g/mol. The van der Waals surface area contributed by atoms with Crippen molar-refractivity contribution in [3.05, 3.63) is 27.3 Å². The molecule has 4 nitrogen and oxygen atoms in total. The average molecular weight is 291 g/mol. The summed E-state index contributed by atoms with van der Waals surface area (Å²) in [4.78, 5) is 10.8. The fraction of sp³-hybridized carbons (Fsp3) is 0.125. The number of anilines is 1. The number of carbonyl (C=O) groups excluding carboxylic acids is 1. The first-order valence-corrected chi connectivity index (χ1v) is 4.75. The van der Waals surface area contributed by atoms with Gasteiger partial charge in [-0.1, -0.05) is 6.07 Å². The quantitative estimate of drug-likeness (QED) is 0.318. The zero-order valence-electron chi connectivity index (χ0n) is 7.10. The summed E-state index contributed by atoms with van der Waals surface area (Å²) < 4.78 is 1.10. The monoisotopic (exact) mass is 291 g/mol.